The molecule has 11 atom stereocenters. The van der Waals surface area contributed by atoms with Crippen LogP contribution in [-0.4, -0.2) is 37.4 Å². The summed E-state index contributed by atoms with van der Waals surface area (Å²) in [7, 11) is -3.89. The van der Waals surface area contributed by atoms with Crippen LogP contribution in [0.1, 0.15) is 85.5 Å². The lowest BCUT2D eigenvalue weighted by atomic mass is 9.41. The van der Waals surface area contributed by atoms with Gasteiger partial charge in [0, 0.05) is 0 Å². The highest BCUT2D eigenvalue weighted by atomic mass is 32.2. The standard InChI is InChI=1S/C25H45NO5S/c1-5-17-21-14-16(27)8-11-25(21,4)20-9-12-24(3)18(6-7-19(24)22(20)23(17)28)15(2)10-13-31-32(26,29)30/h15-23,27-28H,5-14H2,1-4H3,(H2,26,29,30)/t15-,16-,17-,18-,19+,20?,21+,22+,23-,24-,25-/m1/s1. The van der Waals surface area contributed by atoms with Gasteiger partial charge in [-0.15, -0.1) is 0 Å². The van der Waals surface area contributed by atoms with E-state index in [0.717, 1.165) is 44.9 Å². The van der Waals surface area contributed by atoms with Crippen LogP contribution in [-0.2, 0) is 14.5 Å². The molecule has 4 saturated carbocycles. The summed E-state index contributed by atoms with van der Waals surface area (Å²) in [4.78, 5) is 0. The Labute approximate surface area is 194 Å². The van der Waals surface area contributed by atoms with Gasteiger partial charge in [-0.05, 0) is 104 Å². The Balaban J connectivity index is 1.56. The summed E-state index contributed by atoms with van der Waals surface area (Å²) in [5.41, 5.74) is 0.400. The van der Waals surface area contributed by atoms with Crippen LogP contribution in [0.2, 0.25) is 0 Å². The number of rotatable bonds is 6. The molecule has 4 rings (SSSR count). The summed E-state index contributed by atoms with van der Waals surface area (Å²) < 4.78 is 27.1. The van der Waals surface area contributed by atoms with E-state index in [2.05, 4.69) is 27.7 Å². The summed E-state index contributed by atoms with van der Waals surface area (Å²) in [6.07, 6.45) is 8.63. The van der Waals surface area contributed by atoms with Gasteiger partial charge in [-0.1, -0.05) is 34.1 Å². The Morgan fingerprint density at radius 3 is 2.34 bits per heavy atom. The van der Waals surface area contributed by atoms with Crippen LogP contribution in [0.3, 0.4) is 0 Å². The minimum Gasteiger partial charge on any atom is -0.393 e. The fourth-order valence-electron chi connectivity index (χ4n) is 9.48. The summed E-state index contributed by atoms with van der Waals surface area (Å²) >= 11 is 0. The second-order valence-corrected chi connectivity index (χ2v) is 13.4. The Morgan fingerprint density at radius 1 is 1.03 bits per heavy atom. The van der Waals surface area contributed by atoms with Crippen molar-refractivity contribution in [1.29, 1.82) is 0 Å². The predicted molar refractivity (Wildman–Crippen MR) is 125 cm³/mol. The molecule has 32 heavy (non-hydrogen) atoms. The Hall–Kier alpha value is -0.210. The van der Waals surface area contributed by atoms with Crippen LogP contribution in [0.4, 0.5) is 0 Å². The van der Waals surface area contributed by atoms with Crippen molar-refractivity contribution < 1.29 is 22.8 Å². The summed E-state index contributed by atoms with van der Waals surface area (Å²) in [5.74, 6) is 2.97. The third kappa shape index (κ3) is 4.08. The van der Waals surface area contributed by atoms with Crippen molar-refractivity contribution in [3.05, 3.63) is 0 Å². The smallest absolute Gasteiger partial charge is 0.333 e. The van der Waals surface area contributed by atoms with E-state index in [1.54, 1.807) is 0 Å². The van der Waals surface area contributed by atoms with E-state index >= 15 is 0 Å². The van der Waals surface area contributed by atoms with Crippen molar-refractivity contribution in [3.63, 3.8) is 0 Å². The van der Waals surface area contributed by atoms with Gasteiger partial charge < -0.3 is 10.2 Å². The second kappa shape index (κ2) is 8.78. The van der Waals surface area contributed by atoms with Gasteiger partial charge in [-0.25, -0.2) is 5.14 Å². The Bertz CT molecular complexity index is 789. The average molecular weight is 472 g/mol. The van der Waals surface area contributed by atoms with E-state index < -0.39 is 10.3 Å². The number of hydrogen-bond acceptors (Lipinski definition) is 5. The molecule has 4 aliphatic carbocycles. The van der Waals surface area contributed by atoms with Crippen molar-refractivity contribution in [2.75, 3.05) is 6.61 Å². The quantitative estimate of drug-likeness (QED) is 0.545. The van der Waals surface area contributed by atoms with Crippen LogP contribution in [0.25, 0.3) is 0 Å². The molecule has 0 spiro atoms. The maximum Gasteiger partial charge on any atom is 0.333 e. The molecule has 6 nitrogen and oxygen atoms in total. The molecule has 0 aromatic rings. The van der Waals surface area contributed by atoms with Gasteiger partial charge in [0.1, 0.15) is 0 Å². The maximum absolute atomic E-state index is 11.7. The molecule has 0 radical (unpaired) electrons. The predicted octanol–water partition coefficient (Wildman–Crippen LogP) is 3.86. The molecule has 0 amide bonds. The molecule has 0 heterocycles. The largest absolute Gasteiger partial charge is 0.393 e. The van der Waals surface area contributed by atoms with Gasteiger partial charge >= 0.3 is 10.3 Å². The van der Waals surface area contributed by atoms with Crippen LogP contribution in [0.15, 0.2) is 0 Å². The van der Waals surface area contributed by atoms with E-state index in [1.165, 1.54) is 6.42 Å². The monoisotopic (exact) mass is 471 g/mol. The summed E-state index contributed by atoms with van der Waals surface area (Å²) in [6, 6.07) is 0. The fourth-order valence-corrected chi connectivity index (χ4v) is 9.81. The highest BCUT2D eigenvalue weighted by Gasteiger charge is 2.64. The minimum absolute atomic E-state index is 0.145. The molecule has 0 aromatic carbocycles. The molecule has 1 unspecified atom stereocenters. The molecular formula is C25H45NO5S. The zero-order valence-corrected chi connectivity index (χ0v) is 21.2. The van der Waals surface area contributed by atoms with Gasteiger partial charge in [-0.3, -0.25) is 4.18 Å². The molecule has 4 N–H and O–H groups in total. The SMILES string of the molecule is CC[C@H]1[C@@H](O)[C@@H]2C(CC[C@]3(C)[C@@H]([C@H](C)CCOS(N)(=O)=O)CC[C@@H]23)[C@@]2(C)CC[C@@H](O)C[C@@H]12. The Morgan fingerprint density at radius 2 is 1.69 bits per heavy atom. The zero-order valence-electron chi connectivity index (χ0n) is 20.4. The lowest BCUT2D eigenvalue weighted by Gasteiger charge is -2.64. The highest BCUT2D eigenvalue weighted by molar-refractivity contribution is 7.84. The lowest BCUT2D eigenvalue weighted by molar-refractivity contribution is -0.203. The van der Waals surface area contributed by atoms with E-state index in [0.29, 0.717) is 41.9 Å². The first-order valence-corrected chi connectivity index (χ1v) is 14.4. The lowest BCUT2D eigenvalue weighted by Crippen LogP contribution is -2.62. The molecular weight excluding hydrogens is 426 g/mol. The molecule has 0 aromatic heterocycles. The zero-order chi connectivity index (χ0) is 23.5. The van der Waals surface area contributed by atoms with Crippen LogP contribution >= 0.6 is 0 Å². The van der Waals surface area contributed by atoms with E-state index in [-0.39, 0.29) is 35.6 Å². The van der Waals surface area contributed by atoms with Crippen LogP contribution in [0.5, 0.6) is 0 Å². The van der Waals surface area contributed by atoms with Crippen LogP contribution in [0, 0.1) is 52.3 Å². The first kappa shape index (κ1) is 24.9. The third-order valence-electron chi connectivity index (χ3n) is 11.0. The highest BCUT2D eigenvalue weighted by Crippen LogP contribution is 2.69. The van der Waals surface area contributed by atoms with Gasteiger partial charge in [0.2, 0.25) is 0 Å². The number of nitrogens with two attached hydrogens (primary N) is 1. The number of fused-ring (bicyclic) bond motifs is 5. The van der Waals surface area contributed by atoms with Crippen molar-refractivity contribution in [2.45, 2.75) is 97.7 Å². The van der Waals surface area contributed by atoms with Crippen molar-refractivity contribution in [2.24, 2.45) is 57.4 Å². The first-order valence-electron chi connectivity index (χ1n) is 13.0. The summed E-state index contributed by atoms with van der Waals surface area (Å²) in [5, 5.41) is 27.2. The molecule has 4 fully saturated rings. The molecule has 0 saturated heterocycles. The topological polar surface area (TPSA) is 110 Å². The molecule has 0 bridgehead atoms. The van der Waals surface area contributed by atoms with Crippen molar-refractivity contribution in [3.8, 4) is 0 Å². The van der Waals surface area contributed by atoms with Crippen LogP contribution < -0.4 is 5.14 Å². The van der Waals surface area contributed by atoms with Gasteiger partial charge in [-0.2, -0.15) is 8.42 Å². The fraction of sp³-hybridized carbons (Fsp3) is 1.00. The number of hydrogen-bond donors (Lipinski definition) is 3. The molecule has 0 aliphatic heterocycles. The van der Waals surface area contributed by atoms with Gasteiger partial charge in [0.05, 0.1) is 18.8 Å². The summed E-state index contributed by atoms with van der Waals surface area (Å²) in [6.45, 7) is 9.49. The number of aliphatic hydroxyl groups excluding tert-OH is 2. The van der Waals surface area contributed by atoms with Gasteiger partial charge in [0.25, 0.3) is 0 Å². The molecule has 4 aliphatic rings. The minimum atomic E-state index is -3.89. The van der Waals surface area contributed by atoms with E-state index in [9.17, 15) is 18.6 Å². The van der Waals surface area contributed by atoms with Crippen molar-refractivity contribution >= 4 is 10.3 Å². The average Bonchev–Trinajstić information content (AvgIpc) is 3.06. The maximum atomic E-state index is 11.7. The second-order valence-electron chi connectivity index (χ2n) is 12.2. The van der Waals surface area contributed by atoms with E-state index in [4.69, 9.17) is 9.32 Å². The van der Waals surface area contributed by atoms with Gasteiger partial charge in [0.15, 0.2) is 0 Å². The normalized spacial score (nSPS) is 49.7. The third-order valence-corrected chi connectivity index (χ3v) is 11.5. The van der Waals surface area contributed by atoms with E-state index in [1.807, 2.05) is 0 Å². The van der Waals surface area contributed by atoms with Crippen molar-refractivity contribution in [1.82, 2.24) is 0 Å². The molecule has 186 valence electrons. The first-order chi connectivity index (χ1) is 14.9. The molecule has 7 heteroatoms. The number of aliphatic hydroxyl groups is 2. The Kier molecular flexibility index (Phi) is 6.83.